The van der Waals surface area contributed by atoms with E-state index in [9.17, 15) is 14.9 Å². The van der Waals surface area contributed by atoms with Gasteiger partial charge in [0.25, 0.3) is 11.6 Å². The highest BCUT2D eigenvalue weighted by Gasteiger charge is 2.34. The second-order valence-corrected chi connectivity index (χ2v) is 7.43. The molecule has 2 atom stereocenters. The van der Waals surface area contributed by atoms with Crippen molar-refractivity contribution in [2.24, 2.45) is 0 Å². The molecule has 142 valence electrons. The Balaban J connectivity index is 0.00000196. The van der Waals surface area contributed by atoms with Crippen LogP contribution in [0.2, 0.25) is 0 Å². The molecule has 2 N–H and O–H groups in total. The molecular formula is C18H25ClN4O3. The number of halogens is 1. The number of hydrogen-bond donors (Lipinski definition) is 2. The van der Waals surface area contributed by atoms with Gasteiger partial charge in [-0.05, 0) is 50.7 Å². The summed E-state index contributed by atoms with van der Waals surface area (Å²) in [5, 5.41) is 18.1. The molecule has 1 aromatic carbocycles. The summed E-state index contributed by atoms with van der Waals surface area (Å²) >= 11 is 0. The summed E-state index contributed by atoms with van der Waals surface area (Å²) in [7, 11) is 0. The van der Waals surface area contributed by atoms with Crippen LogP contribution in [0, 0.1) is 10.1 Å². The van der Waals surface area contributed by atoms with Crippen LogP contribution >= 0.6 is 12.4 Å². The van der Waals surface area contributed by atoms with Gasteiger partial charge < -0.3 is 15.5 Å². The van der Waals surface area contributed by atoms with Crippen molar-refractivity contribution >= 4 is 29.7 Å². The van der Waals surface area contributed by atoms with Crippen LogP contribution < -0.4 is 15.5 Å². The van der Waals surface area contributed by atoms with Gasteiger partial charge in [0.1, 0.15) is 5.69 Å². The van der Waals surface area contributed by atoms with Gasteiger partial charge in [0, 0.05) is 42.8 Å². The smallest absolute Gasteiger partial charge is 0.293 e. The van der Waals surface area contributed by atoms with Crippen molar-refractivity contribution in [3.8, 4) is 0 Å². The number of nitro groups is 1. The Morgan fingerprint density at radius 3 is 2.46 bits per heavy atom. The number of anilines is 1. The van der Waals surface area contributed by atoms with Gasteiger partial charge in [0.2, 0.25) is 0 Å². The quantitative estimate of drug-likeness (QED) is 0.619. The molecule has 1 aromatic rings. The Morgan fingerprint density at radius 1 is 1.19 bits per heavy atom. The van der Waals surface area contributed by atoms with Gasteiger partial charge in [0.15, 0.2) is 0 Å². The molecular weight excluding hydrogens is 356 g/mol. The number of nitro benzene ring substituents is 1. The fourth-order valence-corrected chi connectivity index (χ4v) is 4.48. The molecule has 7 nitrogen and oxygen atoms in total. The molecule has 0 spiro atoms. The Kier molecular flexibility index (Phi) is 5.67. The maximum absolute atomic E-state index is 12.6. The van der Waals surface area contributed by atoms with E-state index in [2.05, 4.69) is 10.6 Å². The van der Waals surface area contributed by atoms with Crippen molar-refractivity contribution in [2.75, 3.05) is 18.0 Å². The number of amides is 1. The van der Waals surface area contributed by atoms with Crippen molar-refractivity contribution in [1.82, 2.24) is 10.6 Å². The first-order valence-corrected chi connectivity index (χ1v) is 9.20. The zero-order valence-corrected chi connectivity index (χ0v) is 15.5. The standard InChI is InChI=1S/C18H24N4O3.ClH/c23-18(20-15-10-13-4-5-14(11-15)19-13)12-3-6-16(17(9-12)22(24)25)21-7-1-2-8-21;/h3,6,9,13-15,19H,1-2,4-5,7-8,10-11H2,(H,20,23);1H. The van der Waals surface area contributed by atoms with Crippen molar-refractivity contribution in [3.05, 3.63) is 33.9 Å². The second kappa shape index (κ2) is 7.80. The van der Waals surface area contributed by atoms with E-state index < -0.39 is 0 Å². The van der Waals surface area contributed by atoms with Gasteiger partial charge in [0.05, 0.1) is 4.92 Å². The largest absolute Gasteiger partial charge is 0.366 e. The summed E-state index contributed by atoms with van der Waals surface area (Å²) < 4.78 is 0. The molecule has 26 heavy (non-hydrogen) atoms. The van der Waals surface area contributed by atoms with E-state index in [1.54, 1.807) is 12.1 Å². The molecule has 8 heteroatoms. The number of benzene rings is 1. The van der Waals surface area contributed by atoms with Crippen LogP contribution in [0.3, 0.4) is 0 Å². The molecule has 2 bridgehead atoms. The monoisotopic (exact) mass is 380 g/mol. The average molecular weight is 381 g/mol. The highest BCUT2D eigenvalue weighted by atomic mass is 35.5. The van der Waals surface area contributed by atoms with E-state index >= 15 is 0 Å². The lowest BCUT2D eigenvalue weighted by atomic mass is 9.99. The fraction of sp³-hybridized carbons (Fsp3) is 0.611. The molecule has 1 amide bonds. The lowest BCUT2D eigenvalue weighted by Crippen LogP contribution is -2.48. The van der Waals surface area contributed by atoms with Crippen molar-refractivity contribution in [2.45, 2.75) is 56.7 Å². The summed E-state index contributed by atoms with van der Waals surface area (Å²) in [6.07, 6.45) is 6.33. The topological polar surface area (TPSA) is 87.5 Å². The predicted molar refractivity (Wildman–Crippen MR) is 102 cm³/mol. The van der Waals surface area contributed by atoms with E-state index in [-0.39, 0.29) is 35.0 Å². The van der Waals surface area contributed by atoms with Crippen LogP contribution in [0.15, 0.2) is 18.2 Å². The van der Waals surface area contributed by atoms with Crippen LogP contribution in [0.5, 0.6) is 0 Å². The third kappa shape index (κ3) is 3.78. The number of carbonyl (C=O) groups excluding carboxylic acids is 1. The first-order chi connectivity index (χ1) is 12.1. The summed E-state index contributed by atoms with van der Waals surface area (Å²) in [5.74, 6) is -0.206. The highest BCUT2D eigenvalue weighted by molar-refractivity contribution is 5.96. The Hall–Kier alpha value is -1.86. The van der Waals surface area contributed by atoms with Gasteiger partial charge in [-0.2, -0.15) is 0 Å². The zero-order chi connectivity index (χ0) is 17.4. The van der Waals surface area contributed by atoms with Crippen LogP contribution in [0.4, 0.5) is 11.4 Å². The predicted octanol–water partition coefficient (Wildman–Crippen LogP) is 2.63. The van der Waals surface area contributed by atoms with Crippen LogP contribution in [0.25, 0.3) is 0 Å². The molecule has 2 unspecified atom stereocenters. The summed E-state index contributed by atoms with van der Waals surface area (Å²) in [6, 6.07) is 6.02. The highest BCUT2D eigenvalue weighted by Crippen LogP contribution is 2.32. The Bertz CT molecular complexity index is 681. The number of rotatable bonds is 4. The van der Waals surface area contributed by atoms with E-state index in [4.69, 9.17) is 0 Å². The van der Waals surface area contributed by atoms with Gasteiger partial charge in [-0.25, -0.2) is 0 Å². The molecule has 3 saturated heterocycles. The average Bonchev–Trinajstić information content (AvgIpc) is 3.24. The Labute approximate surface area is 159 Å². The number of fused-ring (bicyclic) bond motifs is 2. The van der Waals surface area contributed by atoms with Gasteiger partial charge in [-0.15, -0.1) is 12.4 Å². The lowest BCUT2D eigenvalue weighted by Gasteiger charge is -2.29. The zero-order valence-electron chi connectivity index (χ0n) is 14.6. The second-order valence-electron chi connectivity index (χ2n) is 7.43. The first-order valence-electron chi connectivity index (χ1n) is 9.20. The van der Waals surface area contributed by atoms with Gasteiger partial charge in [-0.3, -0.25) is 14.9 Å². The molecule has 0 saturated carbocycles. The number of piperidine rings is 1. The van der Waals surface area contributed by atoms with Crippen molar-refractivity contribution in [3.63, 3.8) is 0 Å². The Morgan fingerprint density at radius 2 is 1.85 bits per heavy atom. The third-order valence-corrected chi connectivity index (χ3v) is 5.69. The minimum absolute atomic E-state index is 0. The number of carbonyl (C=O) groups is 1. The van der Waals surface area contributed by atoms with E-state index in [1.807, 2.05) is 4.90 Å². The summed E-state index contributed by atoms with van der Waals surface area (Å²) in [5.41, 5.74) is 1.03. The molecule has 4 rings (SSSR count). The van der Waals surface area contributed by atoms with Gasteiger partial charge >= 0.3 is 0 Å². The number of hydrogen-bond acceptors (Lipinski definition) is 5. The molecule has 3 heterocycles. The first kappa shape index (κ1) is 18.9. The van der Waals surface area contributed by atoms with Gasteiger partial charge in [-0.1, -0.05) is 0 Å². The van der Waals surface area contributed by atoms with E-state index in [0.29, 0.717) is 23.3 Å². The van der Waals surface area contributed by atoms with Crippen molar-refractivity contribution < 1.29 is 9.72 Å². The van der Waals surface area contributed by atoms with Crippen LogP contribution in [0.1, 0.15) is 48.9 Å². The maximum Gasteiger partial charge on any atom is 0.293 e. The number of nitrogens with zero attached hydrogens (tertiary/aromatic N) is 2. The number of nitrogens with one attached hydrogen (secondary N) is 2. The normalized spacial score (nSPS) is 27.1. The molecule has 0 aromatic heterocycles. The molecule has 3 aliphatic rings. The maximum atomic E-state index is 12.6. The lowest BCUT2D eigenvalue weighted by molar-refractivity contribution is -0.384. The third-order valence-electron chi connectivity index (χ3n) is 5.69. The fourth-order valence-electron chi connectivity index (χ4n) is 4.48. The SMILES string of the molecule is Cl.O=C(NC1CC2CCC(C1)N2)c1ccc(N2CCCC2)c([N+](=O)[O-])c1. The minimum Gasteiger partial charge on any atom is -0.366 e. The van der Waals surface area contributed by atoms with Crippen LogP contribution in [-0.2, 0) is 0 Å². The van der Waals surface area contributed by atoms with E-state index in [1.165, 1.54) is 18.9 Å². The molecule has 0 radical (unpaired) electrons. The molecule has 3 aliphatic heterocycles. The summed E-state index contributed by atoms with van der Waals surface area (Å²) in [4.78, 5) is 25.7. The molecule has 0 aliphatic carbocycles. The van der Waals surface area contributed by atoms with Crippen LogP contribution in [-0.4, -0.2) is 42.0 Å². The minimum atomic E-state index is -0.380. The van der Waals surface area contributed by atoms with Crippen molar-refractivity contribution in [1.29, 1.82) is 0 Å². The van der Waals surface area contributed by atoms with E-state index in [0.717, 1.165) is 38.8 Å². The molecule has 3 fully saturated rings. The summed E-state index contributed by atoms with van der Waals surface area (Å²) in [6.45, 7) is 1.68.